The highest BCUT2D eigenvalue weighted by Gasteiger charge is 2.35. The van der Waals surface area contributed by atoms with Crippen LogP contribution >= 0.6 is 0 Å². The summed E-state index contributed by atoms with van der Waals surface area (Å²) in [6.45, 7) is 2.72. The highest BCUT2D eigenvalue weighted by Crippen LogP contribution is 2.42. The van der Waals surface area contributed by atoms with Gasteiger partial charge in [-0.2, -0.15) is 13.2 Å². The summed E-state index contributed by atoms with van der Waals surface area (Å²) in [5.41, 5.74) is 7.14. The van der Waals surface area contributed by atoms with Crippen LogP contribution in [-0.4, -0.2) is 12.8 Å². The first-order valence-electron chi connectivity index (χ1n) is 13.2. The van der Waals surface area contributed by atoms with Crippen molar-refractivity contribution < 1.29 is 17.9 Å². The van der Waals surface area contributed by atoms with Crippen molar-refractivity contribution in [2.45, 2.75) is 32.0 Å². The normalized spacial score (nSPS) is 16.8. The summed E-state index contributed by atoms with van der Waals surface area (Å²) >= 11 is 0. The van der Waals surface area contributed by atoms with Gasteiger partial charge in [0.25, 0.3) is 0 Å². The Morgan fingerprint density at radius 2 is 1.32 bits per heavy atom. The van der Waals surface area contributed by atoms with Crippen LogP contribution in [0.2, 0.25) is 0 Å². The topological polar surface area (TPSA) is 33.3 Å². The largest absolute Gasteiger partial charge is 0.484 e. The third kappa shape index (κ3) is 6.57. The zero-order valence-corrected chi connectivity index (χ0v) is 22.4. The van der Waals surface area contributed by atoms with Gasteiger partial charge in [0, 0.05) is 22.6 Å². The van der Waals surface area contributed by atoms with Crippen LogP contribution in [0.15, 0.2) is 115 Å². The Bertz CT molecular complexity index is 1510. The molecule has 0 heterocycles. The number of anilines is 3. The number of rotatable bonds is 8. The maximum atomic E-state index is 13.0. The summed E-state index contributed by atoms with van der Waals surface area (Å²) in [6, 6.07) is 31.3. The fourth-order valence-corrected chi connectivity index (χ4v) is 4.78. The third-order valence-electron chi connectivity index (χ3n) is 6.93. The summed E-state index contributed by atoms with van der Waals surface area (Å²) in [5, 5.41) is 7.00. The van der Waals surface area contributed by atoms with Crippen LogP contribution < -0.4 is 15.4 Å². The summed E-state index contributed by atoms with van der Waals surface area (Å²) in [6.07, 6.45) is 2.25. The van der Waals surface area contributed by atoms with Crippen LogP contribution in [0.25, 0.3) is 5.57 Å². The van der Waals surface area contributed by atoms with E-state index in [2.05, 4.69) is 47.9 Å². The van der Waals surface area contributed by atoms with Gasteiger partial charge in [-0.1, -0.05) is 84.0 Å². The second kappa shape index (κ2) is 11.3. The van der Waals surface area contributed by atoms with Gasteiger partial charge in [0.15, 0.2) is 6.61 Å². The molecule has 4 aromatic rings. The highest BCUT2D eigenvalue weighted by atomic mass is 19.4. The standard InChI is InChI=1S/C34H31F3N2O/c1-24-7-13-28(14-8-24)38-29-17-11-26(12-18-29)27-19-21-33(22-20-27,39-30-15-9-25(2)10-16-30)31-5-3-4-6-32(31)40-23-34(35,36)37/h3-21,38-39H,22-23H2,1-2H3. The first-order chi connectivity index (χ1) is 19.2. The quantitative estimate of drug-likeness (QED) is 0.234. The highest BCUT2D eigenvalue weighted by molar-refractivity contribution is 5.78. The minimum Gasteiger partial charge on any atom is -0.484 e. The molecule has 0 radical (unpaired) electrons. The van der Waals surface area contributed by atoms with E-state index in [9.17, 15) is 13.2 Å². The van der Waals surface area contributed by atoms with Crippen LogP contribution in [0, 0.1) is 13.8 Å². The van der Waals surface area contributed by atoms with Gasteiger partial charge in [0.2, 0.25) is 0 Å². The second-order valence-electron chi connectivity index (χ2n) is 10.1. The molecular weight excluding hydrogens is 509 g/mol. The molecule has 1 aliphatic rings. The van der Waals surface area contributed by atoms with Crippen LogP contribution in [0.3, 0.4) is 0 Å². The lowest BCUT2D eigenvalue weighted by atomic mass is 9.80. The molecule has 5 rings (SSSR count). The van der Waals surface area contributed by atoms with E-state index in [1.807, 2.05) is 79.7 Å². The molecule has 1 aliphatic carbocycles. The lowest BCUT2D eigenvalue weighted by molar-refractivity contribution is -0.153. The number of allylic oxidation sites excluding steroid dienone is 2. The number of halogens is 3. The van der Waals surface area contributed by atoms with E-state index < -0.39 is 18.3 Å². The van der Waals surface area contributed by atoms with Crippen molar-refractivity contribution in [3.8, 4) is 5.75 Å². The molecule has 0 amide bonds. The van der Waals surface area contributed by atoms with Gasteiger partial charge < -0.3 is 15.4 Å². The molecule has 4 aromatic carbocycles. The van der Waals surface area contributed by atoms with E-state index >= 15 is 0 Å². The molecule has 0 fully saturated rings. The first kappa shape index (κ1) is 27.1. The second-order valence-corrected chi connectivity index (χ2v) is 10.1. The zero-order chi connectivity index (χ0) is 28.2. The molecule has 2 N–H and O–H groups in total. The van der Waals surface area contributed by atoms with Crippen LogP contribution in [0.4, 0.5) is 30.2 Å². The number of alkyl halides is 3. The average molecular weight is 541 g/mol. The van der Waals surface area contributed by atoms with Crippen molar-refractivity contribution in [2.24, 2.45) is 0 Å². The smallest absolute Gasteiger partial charge is 0.422 e. The molecule has 0 saturated heterocycles. The monoisotopic (exact) mass is 540 g/mol. The van der Waals surface area contributed by atoms with Crippen molar-refractivity contribution in [1.29, 1.82) is 0 Å². The Balaban J connectivity index is 1.41. The van der Waals surface area contributed by atoms with Crippen LogP contribution in [-0.2, 0) is 5.54 Å². The molecule has 0 aliphatic heterocycles. The summed E-state index contributed by atoms with van der Waals surface area (Å²) < 4.78 is 44.4. The molecule has 1 unspecified atom stereocenters. The number of para-hydroxylation sites is 1. The average Bonchev–Trinajstić information content (AvgIpc) is 2.95. The maximum Gasteiger partial charge on any atom is 0.422 e. The maximum absolute atomic E-state index is 13.0. The summed E-state index contributed by atoms with van der Waals surface area (Å²) in [4.78, 5) is 0. The third-order valence-corrected chi connectivity index (χ3v) is 6.93. The van der Waals surface area contributed by atoms with E-state index in [0.717, 1.165) is 33.8 Å². The van der Waals surface area contributed by atoms with E-state index in [0.29, 0.717) is 12.0 Å². The fraction of sp³-hybridized carbons (Fsp3) is 0.176. The number of hydrogen-bond acceptors (Lipinski definition) is 3. The number of hydrogen-bond donors (Lipinski definition) is 2. The Labute approximate surface area is 233 Å². The predicted molar refractivity (Wildman–Crippen MR) is 157 cm³/mol. The molecule has 3 nitrogen and oxygen atoms in total. The van der Waals surface area contributed by atoms with Crippen molar-refractivity contribution in [2.75, 3.05) is 17.2 Å². The van der Waals surface area contributed by atoms with Gasteiger partial charge in [-0.3, -0.25) is 0 Å². The molecular formula is C34H31F3N2O. The lowest BCUT2D eigenvalue weighted by Gasteiger charge is -2.36. The number of aryl methyl sites for hydroxylation is 2. The van der Waals surface area contributed by atoms with E-state index in [1.54, 1.807) is 12.1 Å². The number of ether oxygens (including phenoxy) is 1. The summed E-state index contributed by atoms with van der Waals surface area (Å²) in [7, 11) is 0. The molecule has 0 aromatic heterocycles. The van der Waals surface area contributed by atoms with Crippen molar-refractivity contribution in [3.63, 3.8) is 0 Å². The molecule has 6 heteroatoms. The predicted octanol–water partition coefficient (Wildman–Crippen LogP) is 9.34. The van der Waals surface area contributed by atoms with Gasteiger partial charge in [0.05, 0.1) is 5.54 Å². The minimum absolute atomic E-state index is 0.201. The first-order valence-corrected chi connectivity index (χ1v) is 13.2. The van der Waals surface area contributed by atoms with Crippen molar-refractivity contribution >= 4 is 22.6 Å². The van der Waals surface area contributed by atoms with Gasteiger partial charge in [0.1, 0.15) is 5.75 Å². The van der Waals surface area contributed by atoms with Gasteiger partial charge in [-0.05, 0) is 73.9 Å². The molecule has 1 atom stereocenters. The zero-order valence-electron chi connectivity index (χ0n) is 22.4. The molecule has 40 heavy (non-hydrogen) atoms. The van der Waals surface area contributed by atoms with E-state index in [4.69, 9.17) is 4.74 Å². The Morgan fingerprint density at radius 1 is 0.750 bits per heavy atom. The van der Waals surface area contributed by atoms with E-state index in [-0.39, 0.29) is 5.75 Å². The van der Waals surface area contributed by atoms with Crippen LogP contribution in [0.1, 0.15) is 28.7 Å². The van der Waals surface area contributed by atoms with Crippen LogP contribution in [0.5, 0.6) is 5.75 Å². The molecule has 0 saturated carbocycles. The number of benzene rings is 4. The molecule has 204 valence electrons. The van der Waals surface area contributed by atoms with Crippen molar-refractivity contribution in [1.82, 2.24) is 0 Å². The number of nitrogens with one attached hydrogen (secondary N) is 2. The minimum atomic E-state index is -4.43. The Kier molecular flexibility index (Phi) is 7.69. The molecule has 0 bridgehead atoms. The van der Waals surface area contributed by atoms with Crippen molar-refractivity contribution in [3.05, 3.63) is 138 Å². The SMILES string of the molecule is Cc1ccc(Nc2ccc(C3=CCC(Nc4ccc(C)cc4)(c4ccccc4OCC(F)(F)F)C=C3)cc2)cc1. The Hall–Kier alpha value is -4.45. The fourth-order valence-electron chi connectivity index (χ4n) is 4.78. The van der Waals surface area contributed by atoms with Gasteiger partial charge in [-0.15, -0.1) is 0 Å². The summed E-state index contributed by atoms with van der Waals surface area (Å²) in [5.74, 6) is 0.201. The van der Waals surface area contributed by atoms with Gasteiger partial charge in [-0.25, -0.2) is 0 Å². The Morgan fingerprint density at radius 3 is 1.90 bits per heavy atom. The van der Waals surface area contributed by atoms with Gasteiger partial charge >= 0.3 is 6.18 Å². The molecule has 0 spiro atoms. The lowest BCUT2D eigenvalue weighted by Crippen LogP contribution is -2.35. The van der Waals surface area contributed by atoms with E-state index in [1.165, 1.54) is 5.56 Å².